The summed E-state index contributed by atoms with van der Waals surface area (Å²) in [5, 5.41) is 0.769. The minimum Gasteiger partial charge on any atom is -0.309 e. The molecule has 0 aliphatic rings. The Morgan fingerprint density at radius 3 is 1.50 bits per heavy atom. The van der Waals surface area contributed by atoms with Gasteiger partial charge in [0.15, 0.2) is 0 Å². The SMILES string of the molecule is CCCCCCCCCC(CCCCCCCC)SCCCP(=O)(OCC)OCC. The van der Waals surface area contributed by atoms with E-state index in [2.05, 4.69) is 25.6 Å². The van der Waals surface area contributed by atoms with Crippen molar-refractivity contribution in [2.75, 3.05) is 25.1 Å². The molecule has 1 atom stereocenters. The van der Waals surface area contributed by atoms with Crippen molar-refractivity contribution in [3.05, 3.63) is 0 Å². The van der Waals surface area contributed by atoms with Crippen LogP contribution in [-0.4, -0.2) is 30.4 Å². The molecule has 0 fully saturated rings. The highest BCUT2D eigenvalue weighted by molar-refractivity contribution is 7.99. The molecule has 0 saturated heterocycles. The van der Waals surface area contributed by atoms with E-state index in [4.69, 9.17) is 9.05 Å². The average molecular weight is 465 g/mol. The van der Waals surface area contributed by atoms with Gasteiger partial charge in [0.05, 0.1) is 19.4 Å². The van der Waals surface area contributed by atoms with E-state index in [0.717, 1.165) is 17.4 Å². The second-order valence-corrected chi connectivity index (χ2v) is 12.1. The highest BCUT2D eigenvalue weighted by atomic mass is 32.2. The van der Waals surface area contributed by atoms with Crippen molar-refractivity contribution >= 4 is 19.4 Å². The Balaban J connectivity index is 4.17. The number of hydrogen-bond acceptors (Lipinski definition) is 4. The van der Waals surface area contributed by atoms with Crippen LogP contribution in [0, 0.1) is 0 Å². The molecule has 0 aromatic heterocycles. The van der Waals surface area contributed by atoms with E-state index in [1.54, 1.807) is 0 Å². The lowest BCUT2D eigenvalue weighted by Gasteiger charge is -2.19. The van der Waals surface area contributed by atoms with Crippen molar-refractivity contribution in [2.45, 2.75) is 136 Å². The molecule has 1 unspecified atom stereocenters. The highest BCUT2D eigenvalue weighted by Crippen LogP contribution is 2.48. The first-order valence-electron chi connectivity index (χ1n) is 13.1. The van der Waals surface area contributed by atoms with Crippen molar-refractivity contribution < 1.29 is 13.6 Å². The first-order valence-corrected chi connectivity index (χ1v) is 15.9. The van der Waals surface area contributed by atoms with Gasteiger partial charge in [0, 0.05) is 5.25 Å². The van der Waals surface area contributed by atoms with E-state index in [1.165, 1.54) is 96.3 Å². The van der Waals surface area contributed by atoms with Gasteiger partial charge in [-0.15, -0.1) is 0 Å². The molecule has 182 valence electrons. The van der Waals surface area contributed by atoms with E-state index in [-0.39, 0.29) is 0 Å². The summed E-state index contributed by atoms with van der Waals surface area (Å²) in [6, 6.07) is 0. The summed E-state index contributed by atoms with van der Waals surface area (Å²) in [7, 11) is -2.87. The van der Waals surface area contributed by atoms with Gasteiger partial charge in [0.2, 0.25) is 0 Å². The molecule has 30 heavy (non-hydrogen) atoms. The predicted molar refractivity (Wildman–Crippen MR) is 137 cm³/mol. The van der Waals surface area contributed by atoms with Crippen molar-refractivity contribution in [3.8, 4) is 0 Å². The molecule has 0 aliphatic carbocycles. The molecule has 0 radical (unpaired) electrons. The molecule has 0 N–H and O–H groups in total. The Bertz CT molecular complexity index is 383. The predicted octanol–water partition coefficient (Wildman–Crippen LogP) is 9.64. The topological polar surface area (TPSA) is 35.5 Å². The zero-order valence-corrected chi connectivity index (χ0v) is 22.5. The Kier molecular flexibility index (Phi) is 23.1. The summed E-state index contributed by atoms with van der Waals surface area (Å²) >= 11 is 2.11. The first-order chi connectivity index (χ1) is 14.6. The van der Waals surface area contributed by atoms with Crippen molar-refractivity contribution in [1.29, 1.82) is 0 Å². The van der Waals surface area contributed by atoms with Crippen LogP contribution in [-0.2, 0) is 13.6 Å². The lowest BCUT2D eigenvalue weighted by molar-refractivity contribution is 0.220. The highest BCUT2D eigenvalue weighted by Gasteiger charge is 2.22. The van der Waals surface area contributed by atoms with Crippen molar-refractivity contribution in [3.63, 3.8) is 0 Å². The van der Waals surface area contributed by atoms with Crippen LogP contribution in [0.1, 0.15) is 130 Å². The molecule has 3 nitrogen and oxygen atoms in total. The number of thioether (sulfide) groups is 1. The Morgan fingerprint density at radius 2 is 1.07 bits per heavy atom. The third kappa shape index (κ3) is 19.2. The van der Waals surface area contributed by atoms with Gasteiger partial charge < -0.3 is 9.05 Å². The number of hydrogen-bond donors (Lipinski definition) is 0. The van der Waals surface area contributed by atoms with E-state index in [9.17, 15) is 4.57 Å². The van der Waals surface area contributed by atoms with Crippen LogP contribution < -0.4 is 0 Å². The second kappa shape index (κ2) is 22.7. The summed E-state index contributed by atoms with van der Waals surface area (Å²) in [5.41, 5.74) is 0. The maximum absolute atomic E-state index is 12.6. The first kappa shape index (κ1) is 30.5. The fourth-order valence-corrected chi connectivity index (χ4v) is 7.05. The third-order valence-corrected chi connectivity index (χ3v) is 9.23. The second-order valence-electron chi connectivity index (χ2n) is 8.48. The fourth-order valence-electron chi connectivity index (χ4n) is 3.86. The normalized spacial score (nSPS) is 13.1. The molecule has 5 heteroatoms. The molecular formula is C25H53O3PS. The Morgan fingerprint density at radius 1 is 0.633 bits per heavy atom. The molecule has 0 heterocycles. The lowest BCUT2D eigenvalue weighted by atomic mass is 10.0. The minimum absolute atomic E-state index is 0.462. The smallest absolute Gasteiger partial charge is 0.309 e. The van der Waals surface area contributed by atoms with Gasteiger partial charge in [0.25, 0.3) is 0 Å². The maximum atomic E-state index is 12.6. The molecule has 0 aromatic rings. The minimum atomic E-state index is -2.87. The molecule has 0 bridgehead atoms. The molecule has 0 amide bonds. The van der Waals surface area contributed by atoms with E-state index in [0.29, 0.717) is 19.4 Å². The zero-order valence-electron chi connectivity index (χ0n) is 20.8. The van der Waals surface area contributed by atoms with Crippen LogP contribution in [0.15, 0.2) is 0 Å². The van der Waals surface area contributed by atoms with Gasteiger partial charge >= 0.3 is 7.60 Å². The summed E-state index contributed by atoms with van der Waals surface area (Å²) in [6.45, 7) is 9.27. The molecule has 0 saturated carbocycles. The van der Waals surface area contributed by atoms with Crippen molar-refractivity contribution in [1.82, 2.24) is 0 Å². The van der Waals surface area contributed by atoms with Crippen LogP contribution in [0.5, 0.6) is 0 Å². The lowest BCUT2D eigenvalue weighted by Crippen LogP contribution is -2.06. The Hall–Kier alpha value is 0.500. The largest absolute Gasteiger partial charge is 0.330 e. The van der Waals surface area contributed by atoms with Gasteiger partial charge in [-0.2, -0.15) is 11.8 Å². The average Bonchev–Trinajstić information content (AvgIpc) is 2.72. The van der Waals surface area contributed by atoms with E-state index >= 15 is 0 Å². The number of rotatable bonds is 24. The quantitative estimate of drug-likeness (QED) is 0.105. The monoisotopic (exact) mass is 464 g/mol. The van der Waals surface area contributed by atoms with Gasteiger partial charge in [-0.3, -0.25) is 4.57 Å². The maximum Gasteiger partial charge on any atom is 0.330 e. The number of unbranched alkanes of at least 4 members (excludes halogenated alkanes) is 11. The summed E-state index contributed by atoms with van der Waals surface area (Å²) in [5.74, 6) is 1.07. The molecule has 0 rings (SSSR count). The van der Waals surface area contributed by atoms with Crippen LogP contribution in [0.25, 0.3) is 0 Å². The van der Waals surface area contributed by atoms with Crippen LogP contribution >= 0.6 is 19.4 Å². The molecule has 0 aliphatic heterocycles. The van der Waals surface area contributed by atoms with E-state index < -0.39 is 7.60 Å². The van der Waals surface area contributed by atoms with Crippen LogP contribution in [0.3, 0.4) is 0 Å². The molecule has 0 aromatic carbocycles. The van der Waals surface area contributed by atoms with Gasteiger partial charge in [-0.05, 0) is 38.9 Å². The fraction of sp³-hybridized carbons (Fsp3) is 1.00. The molecular weight excluding hydrogens is 411 g/mol. The summed E-state index contributed by atoms with van der Waals surface area (Å²) < 4.78 is 23.5. The zero-order chi connectivity index (χ0) is 22.3. The standard InChI is InChI=1S/C25H53O3PS/c1-5-9-11-13-15-17-19-22-25(21-18-16-14-12-10-6-2)30-24-20-23-29(26,27-7-3)28-8-4/h25H,5-24H2,1-4H3. The van der Waals surface area contributed by atoms with Crippen LogP contribution in [0.2, 0.25) is 0 Å². The molecule has 0 spiro atoms. The van der Waals surface area contributed by atoms with E-state index in [1.807, 2.05) is 13.8 Å². The van der Waals surface area contributed by atoms with Crippen molar-refractivity contribution in [2.24, 2.45) is 0 Å². The van der Waals surface area contributed by atoms with Gasteiger partial charge in [-0.25, -0.2) is 0 Å². The van der Waals surface area contributed by atoms with Gasteiger partial charge in [-0.1, -0.05) is 97.3 Å². The third-order valence-electron chi connectivity index (χ3n) is 5.59. The summed E-state index contributed by atoms with van der Waals surface area (Å²) in [4.78, 5) is 0. The van der Waals surface area contributed by atoms with Crippen LogP contribution in [0.4, 0.5) is 0 Å². The Labute approximate surface area is 193 Å². The van der Waals surface area contributed by atoms with Gasteiger partial charge in [0.1, 0.15) is 0 Å². The summed E-state index contributed by atoms with van der Waals surface area (Å²) in [6.07, 6.45) is 22.1.